The van der Waals surface area contributed by atoms with Crippen LogP contribution in [0.3, 0.4) is 0 Å². The number of Topliss-reactive ketones (excluding diaryl/α,β-unsaturated/α-hetero) is 1. The van der Waals surface area contributed by atoms with Crippen LogP contribution in [-0.2, 0) is 4.79 Å². The molecule has 4 fully saturated rings. The van der Waals surface area contributed by atoms with Crippen LogP contribution >= 0.6 is 0 Å². The van der Waals surface area contributed by atoms with Crippen LogP contribution in [0.2, 0.25) is 0 Å². The summed E-state index contributed by atoms with van der Waals surface area (Å²) in [6.45, 7) is 7.31. The monoisotopic (exact) mass is 464 g/mol. The van der Waals surface area contributed by atoms with E-state index < -0.39 is 0 Å². The average Bonchev–Trinajstić information content (AvgIpc) is 3.55. The molecule has 0 aromatic heterocycles. The van der Waals surface area contributed by atoms with Gasteiger partial charge in [-0.05, 0) is 107 Å². The zero-order valence-electron chi connectivity index (χ0n) is 22.7. The standard InChI is InChI=1S/C33H52O/c1-4-5-6-10-17-31(34)33(24-25-33)23-11-13-26(2)29-20-21-30-28(16-12-22-32(29,30)3)19-18-27-14-8-7-9-15-27/h11,13,18-19,26,29-30H,4-10,12,14-17,20-25H2,1-3H3/t26-,29-,30+,32-/m1/s1. The van der Waals surface area contributed by atoms with Gasteiger partial charge in [-0.2, -0.15) is 0 Å². The summed E-state index contributed by atoms with van der Waals surface area (Å²) < 4.78 is 0. The van der Waals surface area contributed by atoms with E-state index in [1.54, 1.807) is 11.1 Å². The fraction of sp³-hybridized carbons (Fsp3) is 0.788. The second kappa shape index (κ2) is 11.7. The molecule has 0 saturated heterocycles. The lowest BCUT2D eigenvalue weighted by molar-refractivity contribution is -0.124. The summed E-state index contributed by atoms with van der Waals surface area (Å²) in [5.41, 5.74) is 3.95. The van der Waals surface area contributed by atoms with Crippen LogP contribution in [0.25, 0.3) is 0 Å². The molecular weight excluding hydrogens is 412 g/mol. The predicted octanol–water partition coefficient (Wildman–Crippen LogP) is 9.92. The Bertz CT molecular complexity index is 770. The molecule has 4 aliphatic rings. The number of hydrogen-bond acceptors (Lipinski definition) is 1. The molecule has 4 rings (SSSR count). The highest BCUT2D eigenvalue weighted by Gasteiger charge is 2.50. The van der Waals surface area contributed by atoms with Gasteiger partial charge < -0.3 is 0 Å². The second-order valence-corrected chi connectivity index (χ2v) is 12.7. The highest BCUT2D eigenvalue weighted by atomic mass is 16.1. The van der Waals surface area contributed by atoms with E-state index in [2.05, 4.69) is 45.1 Å². The number of allylic oxidation sites excluding steroid dienone is 6. The van der Waals surface area contributed by atoms with Gasteiger partial charge in [-0.3, -0.25) is 4.79 Å². The molecule has 1 nitrogen and oxygen atoms in total. The summed E-state index contributed by atoms with van der Waals surface area (Å²) >= 11 is 0. The van der Waals surface area contributed by atoms with E-state index in [-0.39, 0.29) is 5.41 Å². The average molecular weight is 465 g/mol. The highest BCUT2D eigenvalue weighted by molar-refractivity contribution is 5.87. The lowest BCUT2D eigenvalue weighted by Crippen LogP contribution is -2.35. The highest BCUT2D eigenvalue weighted by Crippen LogP contribution is 2.59. The van der Waals surface area contributed by atoms with Crippen molar-refractivity contribution >= 4 is 5.78 Å². The largest absolute Gasteiger partial charge is 0.299 e. The molecule has 4 saturated carbocycles. The molecule has 0 heterocycles. The van der Waals surface area contributed by atoms with Gasteiger partial charge in [0.15, 0.2) is 0 Å². The molecule has 0 aromatic rings. The molecule has 0 bridgehead atoms. The Balaban J connectivity index is 1.33. The van der Waals surface area contributed by atoms with Crippen molar-refractivity contribution in [1.82, 2.24) is 0 Å². The Hall–Kier alpha value is -1.11. The molecule has 0 unspecified atom stereocenters. The third kappa shape index (κ3) is 5.99. The van der Waals surface area contributed by atoms with E-state index in [9.17, 15) is 4.79 Å². The maximum absolute atomic E-state index is 12.8. The van der Waals surface area contributed by atoms with Gasteiger partial charge in [0.05, 0.1) is 0 Å². The van der Waals surface area contributed by atoms with Gasteiger partial charge in [-0.15, -0.1) is 0 Å². The molecule has 0 spiro atoms. The molecule has 0 aromatic carbocycles. The van der Waals surface area contributed by atoms with Crippen molar-refractivity contribution < 1.29 is 4.79 Å². The molecule has 0 amide bonds. The Morgan fingerprint density at radius 3 is 2.50 bits per heavy atom. The van der Waals surface area contributed by atoms with Gasteiger partial charge in [0.1, 0.15) is 5.78 Å². The van der Waals surface area contributed by atoms with Crippen molar-refractivity contribution in [3.05, 3.63) is 35.5 Å². The summed E-state index contributed by atoms with van der Waals surface area (Å²) in [4.78, 5) is 12.8. The zero-order chi connectivity index (χ0) is 24.0. The smallest absolute Gasteiger partial charge is 0.139 e. The van der Waals surface area contributed by atoms with Crippen LogP contribution in [0.15, 0.2) is 35.5 Å². The number of rotatable bonds is 11. The molecule has 0 radical (unpaired) electrons. The minimum atomic E-state index is 0.0257. The SMILES string of the molecule is CCCCCCC(=O)C1(CC=C[C@@H](C)[C@H]2CC[C@H]3C(=CC=C4CCCCC4)CCC[C@]23C)CC1. The van der Waals surface area contributed by atoms with E-state index in [0.717, 1.165) is 43.9 Å². The minimum Gasteiger partial charge on any atom is -0.299 e. The second-order valence-electron chi connectivity index (χ2n) is 12.7. The molecule has 1 heteroatoms. The number of carbonyl (C=O) groups excluding carboxylic acids is 1. The van der Waals surface area contributed by atoms with Gasteiger partial charge in [0.25, 0.3) is 0 Å². The van der Waals surface area contributed by atoms with E-state index in [0.29, 0.717) is 17.1 Å². The lowest BCUT2D eigenvalue weighted by atomic mass is 9.61. The topological polar surface area (TPSA) is 17.1 Å². The molecule has 4 atom stereocenters. The van der Waals surface area contributed by atoms with Crippen LogP contribution < -0.4 is 0 Å². The Morgan fingerprint density at radius 1 is 0.971 bits per heavy atom. The first kappa shape index (κ1) is 26.0. The van der Waals surface area contributed by atoms with Gasteiger partial charge in [-0.1, -0.05) is 81.9 Å². The fourth-order valence-corrected chi connectivity index (χ4v) is 7.91. The molecule has 190 valence electrons. The number of hydrogen-bond donors (Lipinski definition) is 0. The van der Waals surface area contributed by atoms with Crippen LogP contribution in [-0.4, -0.2) is 5.78 Å². The van der Waals surface area contributed by atoms with Crippen LogP contribution in [0.4, 0.5) is 0 Å². The van der Waals surface area contributed by atoms with Gasteiger partial charge in [0.2, 0.25) is 0 Å². The quantitative estimate of drug-likeness (QED) is 0.219. The van der Waals surface area contributed by atoms with Gasteiger partial charge >= 0.3 is 0 Å². The molecule has 34 heavy (non-hydrogen) atoms. The summed E-state index contributed by atoms with van der Waals surface area (Å²) in [7, 11) is 0. The van der Waals surface area contributed by atoms with Crippen molar-refractivity contribution in [2.45, 2.75) is 136 Å². The van der Waals surface area contributed by atoms with Gasteiger partial charge in [0, 0.05) is 11.8 Å². The third-order valence-electron chi connectivity index (χ3n) is 10.4. The normalized spacial score (nSPS) is 32.7. The first-order valence-corrected chi connectivity index (χ1v) is 15.1. The maximum Gasteiger partial charge on any atom is 0.139 e. The summed E-state index contributed by atoms with van der Waals surface area (Å²) in [6, 6.07) is 0. The Labute approximate surface area is 210 Å². The minimum absolute atomic E-state index is 0.0257. The van der Waals surface area contributed by atoms with E-state index in [1.165, 1.54) is 83.5 Å². The number of carbonyl (C=O) groups is 1. The Morgan fingerprint density at radius 2 is 1.76 bits per heavy atom. The summed E-state index contributed by atoms with van der Waals surface area (Å²) in [6.07, 6.45) is 32.6. The summed E-state index contributed by atoms with van der Waals surface area (Å²) in [5.74, 6) is 2.77. The molecule has 4 aliphatic carbocycles. The van der Waals surface area contributed by atoms with E-state index in [4.69, 9.17) is 0 Å². The maximum atomic E-state index is 12.8. The Kier molecular flexibility index (Phi) is 8.97. The summed E-state index contributed by atoms with van der Waals surface area (Å²) in [5, 5.41) is 0. The lowest BCUT2D eigenvalue weighted by Gasteiger charge is -2.44. The first-order chi connectivity index (χ1) is 16.5. The van der Waals surface area contributed by atoms with Crippen molar-refractivity contribution in [3.8, 4) is 0 Å². The van der Waals surface area contributed by atoms with Crippen molar-refractivity contribution in [2.24, 2.45) is 28.6 Å². The number of unbranched alkanes of at least 4 members (excludes halogenated alkanes) is 3. The number of ketones is 1. The van der Waals surface area contributed by atoms with Crippen LogP contribution in [0.1, 0.15) is 136 Å². The van der Waals surface area contributed by atoms with Crippen LogP contribution in [0, 0.1) is 28.6 Å². The van der Waals surface area contributed by atoms with Crippen molar-refractivity contribution in [3.63, 3.8) is 0 Å². The first-order valence-electron chi connectivity index (χ1n) is 15.1. The molecule has 0 aliphatic heterocycles. The fourth-order valence-electron chi connectivity index (χ4n) is 7.91. The molecular formula is C33H52O. The van der Waals surface area contributed by atoms with E-state index >= 15 is 0 Å². The van der Waals surface area contributed by atoms with Crippen molar-refractivity contribution in [1.29, 1.82) is 0 Å². The van der Waals surface area contributed by atoms with Crippen molar-refractivity contribution in [2.75, 3.05) is 0 Å². The van der Waals surface area contributed by atoms with E-state index in [1.807, 2.05) is 0 Å². The zero-order valence-corrected chi connectivity index (χ0v) is 22.7. The predicted molar refractivity (Wildman–Crippen MR) is 146 cm³/mol. The molecule has 0 N–H and O–H groups in total. The number of fused-ring (bicyclic) bond motifs is 1. The third-order valence-corrected chi connectivity index (χ3v) is 10.4. The van der Waals surface area contributed by atoms with Gasteiger partial charge in [-0.25, -0.2) is 0 Å². The van der Waals surface area contributed by atoms with Crippen LogP contribution in [0.5, 0.6) is 0 Å².